The molecule has 0 aliphatic carbocycles. The molecular formula is C18H19N5O2S. The van der Waals surface area contributed by atoms with Gasteiger partial charge in [-0.2, -0.15) is 5.10 Å². The van der Waals surface area contributed by atoms with E-state index in [4.69, 9.17) is 14.7 Å². The van der Waals surface area contributed by atoms with E-state index in [0.29, 0.717) is 0 Å². The summed E-state index contributed by atoms with van der Waals surface area (Å²) in [6.07, 6.45) is 2.78. The molecule has 0 amide bonds. The highest BCUT2D eigenvalue weighted by Gasteiger charge is 2.31. The number of carbonyl (C=O) groups is 1. The molecule has 1 aromatic carbocycles. The monoisotopic (exact) mass is 369 g/mol. The number of hydrogen-bond acceptors (Lipinski definition) is 7. The SMILES string of the molecule is COC(=O)CSC1=Nc2c(cnn2-c2cccc(C)c2)C2=NCCCN12. The van der Waals surface area contributed by atoms with Crippen molar-refractivity contribution < 1.29 is 9.53 Å². The summed E-state index contributed by atoms with van der Waals surface area (Å²) in [5.74, 6) is 1.58. The molecule has 2 aliphatic heterocycles. The fourth-order valence-corrected chi connectivity index (χ4v) is 3.87. The van der Waals surface area contributed by atoms with Gasteiger partial charge in [-0.25, -0.2) is 9.67 Å². The minimum Gasteiger partial charge on any atom is -0.468 e. The van der Waals surface area contributed by atoms with Gasteiger partial charge in [0, 0.05) is 13.1 Å². The third kappa shape index (κ3) is 3.01. The molecule has 1 aromatic heterocycles. The smallest absolute Gasteiger partial charge is 0.316 e. The Balaban J connectivity index is 1.77. The summed E-state index contributed by atoms with van der Waals surface area (Å²) >= 11 is 1.37. The Labute approximate surface area is 155 Å². The summed E-state index contributed by atoms with van der Waals surface area (Å²) in [6, 6.07) is 8.13. The third-order valence-electron chi connectivity index (χ3n) is 4.27. The summed E-state index contributed by atoms with van der Waals surface area (Å²) in [6.45, 7) is 3.67. The maximum Gasteiger partial charge on any atom is 0.316 e. The van der Waals surface area contributed by atoms with E-state index in [2.05, 4.69) is 16.1 Å². The van der Waals surface area contributed by atoms with Crippen LogP contribution >= 0.6 is 11.8 Å². The minimum absolute atomic E-state index is 0.215. The number of aliphatic imine (C=N–C) groups is 2. The van der Waals surface area contributed by atoms with Gasteiger partial charge in [0.2, 0.25) is 0 Å². The number of methoxy groups -OCH3 is 1. The number of benzene rings is 1. The number of hydrogen-bond donors (Lipinski definition) is 0. The Kier molecular flexibility index (Phi) is 4.50. The highest BCUT2D eigenvalue weighted by molar-refractivity contribution is 8.14. The van der Waals surface area contributed by atoms with Gasteiger partial charge in [0.1, 0.15) is 5.84 Å². The Morgan fingerprint density at radius 2 is 2.27 bits per heavy atom. The summed E-state index contributed by atoms with van der Waals surface area (Å²) in [5.41, 5.74) is 3.04. The Bertz CT molecular complexity index is 918. The molecule has 0 saturated heterocycles. The van der Waals surface area contributed by atoms with Gasteiger partial charge < -0.3 is 9.64 Å². The van der Waals surface area contributed by atoms with Crippen molar-refractivity contribution in [1.29, 1.82) is 0 Å². The van der Waals surface area contributed by atoms with E-state index < -0.39 is 0 Å². The van der Waals surface area contributed by atoms with Crippen molar-refractivity contribution in [2.45, 2.75) is 13.3 Å². The number of fused-ring (bicyclic) bond motifs is 3. The lowest BCUT2D eigenvalue weighted by Gasteiger charge is -2.32. The molecule has 0 bridgehead atoms. The lowest BCUT2D eigenvalue weighted by atomic mass is 10.2. The molecule has 0 spiro atoms. The highest BCUT2D eigenvalue weighted by atomic mass is 32.2. The number of aromatic nitrogens is 2. The number of amidine groups is 2. The molecule has 2 aliphatic rings. The van der Waals surface area contributed by atoms with E-state index in [9.17, 15) is 4.79 Å². The Morgan fingerprint density at radius 1 is 1.38 bits per heavy atom. The predicted molar refractivity (Wildman–Crippen MR) is 103 cm³/mol. The molecule has 7 nitrogen and oxygen atoms in total. The number of aryl methyl sites for hydroxylation is 1. The lowest BCUT2D eigenvalue weighted by molar-refractivity contribution is -0.137. The molecule has 8 heteroatoms. The maximum atomic E-state index is 11.6. The van der Waals surface area contributed by atoms with E-state index in [1.807, 2.05) is 36.0 Å². The van der Waals surface area contributed by atoms with Crippen molar-refractivity contribution in [2.75, 3.05) is 26.0 Å². The van der Waals surface area contributed by atoms with E-state index in [0.717, 1.165) is 53.1 Å². The molecule has 4 rings (SSSR count). The first-order valence-electron chi connectivity index (χ1n) is 8.43. The molecule has 3 heterocycles. The average molecular weight is 369 g/mol. The molecule has 0 unspecified atom stereocenters. The summed E-state index contributed by atoms with van der Waals surface area (Å²) in [5, 5.41) is 5.31. The summed E-state index contributed by atoms with van der Waals surface area (Å²) < 4.78 is 6.59. The molecule has 2 aromatic rings. The third-order valence-corrected chi connectivity index (χ3v) is 5.22. The normalized spacial score (nSPS) is 15.7. The zero-order valence-electron chi connectivity index (χ0n) is 14.7. The summed E-state index contributed by atoms with van der Waals surface area (Å²) in [4.78, 5) is 23.2. The molecule has 0 N–H and O–H groups in total. The Morgan fingerprint density at radius 3 is 3.08 bits per heavy atom. The van der Waals surface area contributed by atoms with Gasteiger partial charge in [-0.3, -0.25) is 9.79 Å². The first-order chi connectivity index (χ1) is 12.7. The fraction of sp³-hybridized carbons (Fsp3) is 0.333. The summed E-state index contributed by atoms with van der Waals surface area (Å²) in [7, 11) is 1.39. The quantitative estimate of drug-likeness (QED) is 0.778. The van der Waals surface area contributed by atoms with Crippen LogP contribution in [-0.2, 0) is 9.53 Å². The number of carbonyl (C=O) groups excluding carboxylic acids is 1. The first-order valence-corrected chi connectivity index (χ1v) is 9.41. The topological polar surface area (TPSA) is 72.1 Å². The second-order valence-corrected chi connectivity index (χ2v) is 7.04. The molecule has 26 heavy (non-hydrogen) atoms. The van der Waals surface area contributed by atoms with E-state index in [1.165, 1.54) is 18.9 Å². The average Bonchev–Trinajstić information content (AvgIpc) is 3.10. The number of rotatable bonds is 3. The van der Waals surface area contributed by atoms with Crippen LogP contribution in [0.4, 0.5) is 5.82 Å². The van der Waals surface area contributed by atoms with Crippen LogP contribution in [0, 0.1) is 6.92 Å². The van der Waals surface area contributed by atoms with E-state index in [1.54, 1.807) is 0 Å². The van der Waals surface area contributed by atoms with Crippen LogP contribution < -0.4 is 0 Å². The van der Waals surface area contributed by atoms with Crippen LogP contribution in [0.5, 0.6) is 0 Å². The van der Waals surface area contributed by atoms with Crippen molar-refractivity contribution >= 4 is 34.6 Å². The number of esters is 1. The van der Waals surface area contributed by atoms with Crippen molar-refractivity contribution in [2.24, 2.45) is 9.98 Å². The number of thioether (sulfide) groups is 1. The molecule has 0 atom stereocenters. The van der Waals surface area contributed by atoms with Gasteiger partial charge in [-0.05, 0) is 31.0 Å². The Hall–Kier alpha value is -2.61. The lowest BCUT2D eigenvalue weighted by Crippen LogP contribution is -2.42. The van der Waals surface area contributed by atoms with Gasteiger partial charge in [0.25, 0.3) is 0 Å². The molecular weight excluding hydrogens is 350 g/mol. The number of ether oxygens (including phenoxy) is 1. The largest absolute Gasteiger partial charge is 0.468 e. The maximum absolute atomic E-state index is 11.6. The van der Waals surface area contributed by atoms with Crippen LogP contribution in [-0.4, -0.2) is 57.6 Å². The van der Waals surface area contributed by atoms with Crippen molar-refractivity contribution in [1.82, 2.24) is 14.7 Å². The van der Waals surface area contributed by atoms with Gasteiger partial charge in [0.15, 0.2) is 11.0 Å². The van der Waals surface area contributed by atoms with Crippen molar-refractivity contribution in [3.63, 3.8) is 0 Å². The van der Waals surface area contributed by atoms with Gasteiger partial charge in [-0.15, -0.1) is 0 Å². The molecule has 0 saturated carbocycles. The van der Waals surface area contributed by atoms with Crippen LogP contribution in [0.2, 0.25) is 0 Å². The van der Waals surface area contributed by atoms with Crippen LogP contribution in [0.1, 0.15) is 17.5 Å². The zero-order valence-corrected chi connectivity index (χ0v) is 15.5. The first kappa shape index (κ1) is 16.8. The van der Waals surface area contributed by atoms with Gasteiger partial charge in [0.05, 0.1) is 30.3 Å². The van der Waals surface area contributed by atoms with Gasteiger partial charge in [-0.1, -0.05) is 23.9 Å². The minimum atomic E-state index is -0.272. The van der Waals surface area contributed by atoms with Crippen molar-refractivity contribution in [3.8, 4) is 5.69 Å². The van der Waals surface area contributed by atoms with E-state index in [-0.39, 0.29) is 11.7 Å². The second kappa shape index (κ2) is 6.95. The predicted octanol–water partition coefficient (Wildman–Crippen LogP) is 2.54. The van der Waals surface area contributed by atoms with E-state index >= 15 is 0 Å². The second-order valence-electron chi connectivity index (χ2n) is 6.10. The van der Waals surface area contributed by atoms with Crippen LogP contribution in [0.25, 0.3) is 5.69 Å². The van der Waals surface area contributed by atoms with Gasteiger partial charge >= 0.3 is 5.97 Å². The fourth-order valence-electron chi connectivity index (χ4n) is 3.02. The van der Waals surface area contributed by atoms with Crippen LogP contribution in [0.3, 0.4) is 0 Å². The van der Waals surface area contributed by atoms with Crippen LogP contribution in [0.15, 0.2) is 40.4 Å². The molecule has 0 radical (unpaired) electrons. The molecule has 0 fully saturated rings. The van der Waals surface area contributed by atoms with Crippen molar-refractivity contribution in [3.05, 3.63) is 41.6 Å². The molecule has 134 valence electrons. The zero-order chi connectivity index (χ0) is 18.1. The highest BCUT2D eigenvalue weighted by Crippen LogP contribution is 2.33. The number of nitrogens with zero attached hydrogens (tertiary/aromatic N) is 5. The standard InChI is InChI=1S/C18H19N5O2S/c1-12-5-3-6-13(9-12)23-17-14(10-20-23)16-19-7-4-8-22(16)18(21-17)26-11-15(24)25-2/h3,5-6,9-10H,4,7-8,11H2,1-2H3.